The molecule has 0 saturated heterocycles. The number of hydrogen-bond acceptors (Lipinski definition) is 3. The van der Waals surface area contributed by atoms with Crippen LogP contribution in [0.25, 0.3) is 0 Å². The van der Waals surface area contributed by atoms with Gasteiger partial charge in [-0.2, -0.15) is 0 Å². The fourth-order valence-electron chi connectivity index (χ4n) is 1.39. The molecule has 4 N–H and O–H groups in total. The highest BCUT2D eigenvalue weighted by Gasteiger charge is 1.86. The second-order valence-electron chi connectivity index (χ2n) is 4.57. The number of benzene rings is 2. The molecule has 0 amide bonds. The molecule has 0 aromatic heterocycles. The van der Waals surface area contributed by atoms with Crippen molar-refractivity contribution in [1.29, 1.82) is 0 Å². The Hall–Kier alpha value is -2.37. The van der Waals surface area contributed by atoms with E-state index < -0.39 is 6.16 Å². The smallest absolute Gasteiger partial charge is 0.450 e. The Morgan fingerprint density at radius 2 is 0.955 bits per heavy atom. The van der Waals surface area contributed by atoms with Crippen LogP contribution in [0.5, 0.6) is 0 Å². The van der Waals surface area contributed by atoms with Gasteiger partial charge in [-0.15, -0.1) is 0 Å². The lowest BCUT2D eigenvalue weighted by Gasteiger charge is -1.93. The van der Waals surface area contributed by atoms with Crippen LogP contribution in [0.15, 0.2) is 48.5 Å². The lowest BCUT2D eigenvalue weighted by molar-refractivity contribution is 0.137. The predicted octanol–water partition coefficient (Wildman–Crippen LogP) is 3.20. The zero-order valence-corrected chi connectivity index (χ0v) is 12.7. The minimum absolute atomic E-state index is 0.139. The van der Waals surface area contributed by atoms with Crippen LogP contribution in [0.1, 0.15) is 22.3 Å². The van der Waals surface area contributed by atoms with E-state index in [9.17, 15) is 0 Å². The van der Waals surface area contributed by atoms with Crippen molar-refractivity contribution < 1.29 is 25.2 Å². The largest absolute Gasteiger partial charge is 0.503 e. The summed E-state index contributed by atoms with van der Waals surface area (Å²) in [5.41, 5.74) is 4.40. The molecule has 0 aliphatic rings. The standard InChI is InChI=1S/2C8H10O.CH2O3/c2*1-7-2-4-8(6-9)5-3-7;2-1(3)4/h2*2-5,9H,6H2,1H3;(H2,2,3,4). The highest BCUT2D eigenvalue weighted by atomic mass is 16.6. The molecule has 0 heterocycles. The van der Waals surface area contributed by atoms with E-state index in [1.807, 2.05) is 62.4 Å². The van der Waals surface area contributed by atoms with Gasteiger partial charge in [0.25, 0.3) is 0 Å². The second-order valence-corrected chi connectivity index (χ2v) is 4.57. The number of carbonyl (C=O) groups is 1. The lowest BCUT2D eigenvalue weighted by Crippen LogP contribution is -1.81. The third-order valence-electron chi connectivity index (χ3n) is 2.61. The van der Waals surface area contributed by atoms with Crippen molar-refractivity contribution in [3.05, 3.63) is 70.8 Å². The number of hydrogen-bond donors (Lipinski definition) is 4. The summed E-state index contributed by atoms with van der Waals surface area (Å²) >= 11 is 0. The summed E-state index contributed by atoms with van der Waals surface area (Å²) in [5.74, 6) is 0. The molecule has 0 atom stereocenters. The van der Waals surface area contributed by atoms with E-state index in [1.54, 1.807) is 0 Å². The van der Waals surface area contributed by atoms with Crippen molar-refractivity contribution in [2.24, 2.45) is 0 Å². The number of rotatable bonds is 2. The second kappa shape index (κ2) is 11.3. The maximum Gasteiger partial charge on any atom is 0.503 e. The summed E-state index contributed by atoms with van der Waals surface area (Å²) in [5, 5.41) is 31.2. The van der Waals surface area contributed by atoms with Gasteiger partial charge in [-0.3, -0.25) is 0 Å². The van der Waals surface area contributed by atoms with Gasteiger partial charge in [0, 0.05) is 0 Å². The van der Waals surface area contributed by atoms with E-state index in [1.165, 1.54) is 11.1 Å². The monoisotopic (exact) mass is 306 g/mol. The zero-order valence-electron chi connectivity index (χ0n) is 12.7. The average Bonchev–Trinajstić information content (AvgIpc) is 2.49. The van der Waals surface area contributed by atoms with Gasteiger partial charge in [0.2, 0.25) is 0 Å². The number of carboxylic acid groups (broad SMARTS) is 2. The summed E-state index contributed by atoms with van der Waals surface area (Å²) in [6.45, 7) is 4.34. The molecular formula is C17H22O5. The molecule has 5 heteroatoms. The van der Waals surface area contributed by atoms with Gasteiger partial charge in [0.1, 0.15) is 0 Å². The topological polar surface area (TPSA) is 98.0 Å². The molecule has 0 bridgehead atoms. The van der Waals surface area contributed by atoms with Crippen LogP contribution in [0.3, 0.4) is 0 Å². The van der Waals surface area contributed by atoms with E-state index in [-0.39, 0.29) is 13.2 Å². The molecule has 0 saturated carbocycles. The number of aryl methyl sites for hydroxylation is 2. The predicted molar refractivity (Wildman–Crippen MR) is 84.9 cm³/mol. The van der Waals surface area contributed by atoms with Crippen LogP contribution in [0.4, 0.5) is 4.79 Å². The van der Waals surface area contributed by atoms with Crippen LogP contribution in [-0.4, -0.2) is 26.6 Å². The van der Waals surface area contributed by atoms with Crippen molar-refractivity contribution in [2.75, 3.05) is 0 Å². The average molecular weight is 306 g/mol. The fraction of sp³-hybridized carbons (Fsp3) is 0.235. The molecule has 0 aliphatic carbocycles. The zero-order chi connectivity index (χ0) is 17.0. The SMILES string of the molecule is Cc1ccc(CO)cc1.Cc1ccc(CO)cc1.O=C(O)O. The normalized spacial score (nSPS) is 8.91. The van der Waals surface area contributed by atoms with E-state index in [0.29, 0.717) is 0 Å². The lowest BCUT2D eigenvalue weighted by atomic mass is 10.2. The Kier molecular flexibility index (Phi) is 10.1. The maximum absolute atomic E-state index is 8.63. The summed E-state index contributed by atoms with van der Waals surface area (Å²) in [6, 6.07) is 15.7. The first kappa shape index (κ1) is 19.6. The van der Waals surface area contributed by atoms with Crippen molar-refractivity contribution in [1.82, 2.24) is 0 Å². The summed E-state index contributed by atoms with van der Waals surface area (Å²) in [4.78, 5) is 8.56. The maximum atomic E-state index is 8.63. The minimum atomic E-state index is -1.83. The van der Waals surface area contributed by atoms with E-state index >= 15 is 0 Å². The molecule has 2 aromatic rings. The third kappa shape index (κ3) is 10.4. The van der Waals surface area contributed by atoms with Gasteiger partial charge >= 0.3 is 6.16 Å². The van der Waals surface area contributed by atoms with Gasteiger partial charge in [0.05, 0.1) is 13.2 Å². The van der Waals surface area contributed by atoms with E-state index in [4.69, 9.17) is 25.2 Å². The molecule has 2 aromatic carbocycles. The molecule has 0 aliphatic heterocycles. The summed E-state index contributed by atoms with van der Waals surface area (Å²) < 4.78 is 0. The molecule has 120 valence electrons. The third-order valence-corrected chi connectivity index (χ3v) is 2.61. The summed E-state index contributed by atoms with van der Waals surface area (Å²) in [7, 11) is 0. The molecule has 22 heavy (non-hydrogen) atoms. The molecule has 0 fully saturated rings. The van der Waals surface area contributed by atoms with Gasteiger partial charge in [-0.05, 0) is 25.0 Å². The highest BCUT2D eigenvalue weighted by molar-refractivity contribution is 5.53. The van der Waals surface area contributed by atoms with Gasteiger partial charge in [-0.25, -0.2) is 4.79 Å². The van der Waals surface area contributed by atoms with Crippen LogP contribution >= 0.6 is 0 Å². The Morgan fingerprint density at radius 1 is 0.727 bits per heavy atom. The Morgan fingerprint density at radius 3 is 1.14 bits per heavy atom. The number of aliphatic hydroxyl groups is 2. The first-order valence-corrected chi connectivity index (χ1v) is 6.63. The number of aliphatic hydroxyl groups excluding tert-OH is 2. The van der Waals surface area contributed by atoms with E-state index in [2.05, 4.69) is 0 Å². The molecule has 2 rings (SSSR count). The van der Waals surface area contributed by atoms with Gasteiger partial charge < -0.3 is 20.4 Å². The fourth-order valence-corrected chi connectivity index (χ4v) is 1.39. The quantitative estimate of drug-likeness (QED) is 0.683. The molecule has 0 unspecified atom stereocenters. The first-order valence-electron chi connectivity index (χ1n) is 6.63. The van der Waals surface area contributed by atoms with Gasteiger partial charge in [0.15, 0.2) is 0 Å². The molecule has 0 radical (unpaired) electrons. The van der Waals surface area contributed by atoms with E-state index in [0.717, 1.165) is 11.1 Å². The van der Waals surface area contributed by atoms with Crippen LogP contribution in [0, 0.1) is 13.8 Å². The Labute approximate surface area is 130 Å². The Bertz CT molecular complexity index is 482. The summed E-state index contributed by atoms with van der Waals surface area (Å²) in [6.07, 6.45) is -1.83. The van der Waals surface area contributed by atoms with Crippen LogP contribution < -0.4 is 0 Å². The molecular weight excluding hydrogens is 284 g/mol. The van der Waals surface area contributed by atoms with Crippen LogP contribution in [-0.2, 0) is 13.2 Å². The van der Waals surface area contributed by atoms with Gasteiger partial charge in [-0.1, -0.05) is 59.7 Å². The highest BCUT2D eigenvalue weighted by Crippen LogP contribution is 2.02. The molecule has 0 spiro atoms. The van der Waals surface area contributed by atoms with Crippen molar-refractivity contribution >= 4 is 6.16 Å². The van der Waals surface area contributed by atoms with Crippen LogP contribution in [0.2, 0.25) is 0 Å². The Balaban J connectivity index is 0.000000326. The van der Waals surface area contributed by atoms with Crippen molar-refractivity contribution in [2.45, 2.75) is 27.1 Å². The van der Waals surface area contributed by atoms with Crippen molar-refractivity contribution in [3.63, 3.8) is 0 Å². The first-order chi connectivity index (χ1) is 10.4. The minimum Gasteiger partial charge on any atom is -0.450 e. The van der Waals surface area contributed by atoms with Crippen molar-refractivity contribution in [3.8, 4) is 0 Å². The molecule has 5 nitrogen and oxygen atoms in total.